The predicted molar refractivity (Wildman–Crippen MR) is 94.6 cm³/mol. The lowest BCUT2D eigenvalue weighted by molar-refractivity contribution is 0.398. The molecule has 3 aromatic rings. The molecule has 128 valence electrons. The molecule has 0 amide bonds. The van der Waals surface area contributed by atoms with E-state index in [2.05, 4.69) is 32.0 Å². The number of benzene rings is 1. The first-order valence-corrected chi connectivity index (χ1v) is 8.10. The largest absolute Gasteiger partial charge is 0.497 e. The van der Waals surface area contributed by atoms with Gasteiger partial charge in [0.1, 0.15) is 17.3 Å². The van der Waals surface area contributed by atoms with Gasteiger partial charge in [-0.15, -0.1) is 10.2 Å². The summed E-state index contributed by atoms with van der Waals surface area (Å²) in [5.41, 5.74) is 2.67. The normalized spacial score (nSPS) is 15.6. The van der Waals surface area contributed by atoms with E-state index in [-0.39, 0.29) is 5.92 Å². The van der Waals surface area contributed by atoms with Gasteiger partial charge >= 0.3 is 0 Å². The van der Waals surface area contributed by atoms with Gasteiger partial charge in [-0.05, 0) is 18.2 Å². The molecule has 2 aromatic heterocycles. The highest BCUT2D eigenvalue weighted by Gasteiger charge is 2.25. The third-order valence-corrected chi connectivity index (χ3v) is 4.33. The van der Waals surface area contributed by atoms with E-state index in [9.17, 15) is 0 Å². The van der Waals surface area contributed by atoms with Crippen molar-refractivity contribution < 1.29 is 9.47 Å². The second-order valence-corrected chi connectivity index (χ2v) is 5.95. The Morgan fingerprint density at radius 3 is 2.80 bits per heavy atom. The molecule has 0 spiro atoms. The molecular weight excluding hydrogens is 318 g/mol. The molecule has 7 nitrogen and oxygen atoms in total. The molecule has 1 N–H and O–H groups in total. The fourth-order valence-corrected chi connectivity index (χ4v) is 3.00. The minimum absolute atomic E-state index is 0.199. The summed E-state index contributed by atoms with van der Waals surface area (Å²) in [6, 6.07) is 11.5. The quantitative estimate of drug-likeness (QED) is 0.792. The highest BCUT2D eigenvalue weighted by molar-refractivity contribution is 5.69. The van der Waals surface area contributed by atoms with Crippen molar-refractivity contribution in [3.8, 4) is 28.8 Å². The van der Waals surface area contributed by atoms with Crippen molar-refractivity contribution in [2.24, 2.45) is 0 Å². The summed E-state index contributed by atoms with van der Waals surface area (Å²) in [5, 5.41) is 12.3. The van der Waals surface area contributed by atoms with Gasteiger partial charge in [-0.25, -0.2) is 4.98 Å². The van der Waals surface area contributed by atoms with Crippen LogP contribution in [0.5, 0.6) is 11.6 Å². The summed E-state index contributed by atoms with van der Waals surface area (Å²) in [4.78, 5) is 4.51. The zero-order valence-electron chi connectivity index (χ0n) is 14.4. The van der Waals surface area contributed by atoms with E-state index < -0.39 is 0 Å². The maximum Gasteiger partial charge on any atom is 0.213 e. The molecule has 4 rings (SSSR count). The Hall–Kier alpha value is -3.09. The maximum atomic E-state index is 5.35. The molecular formula is C18H19N5O2. The molecule has 1 aliphatic rings. The van der Waals surface area contributed by atoms with Gasteiger partial charge in [0, 0.05) is 24.6 Å². The zero-order valence-corrected chi connectivity index (χ0v) is 14.4. The van der Waals surface area contributed by atoms with Crippen LogP contribution in [-0.2, 0) is 0 Å². The minimum atomic E-state index is 0.199. The number of hydrogen-bond donors (Lipinski definition) is 1. The van der Waals surface area contributed by atoms with Crippen molar-refractivity contribution >= 4 is 5.69 Å². The van der Waals surface area contributed by atoms with E-state index in [1.54, 1.807) is 14.2 Å². The van der Waals surface area contributed by atoms with Crippen LogP contribution >= 0.6 is 0 Å². The van der Waals surface area contributed by atoms with Crippen LogP contribution in [-0.4, -0.2) is 40.5 Å². The highest BCUT2D eigenvalue weighted by atomic mass is 16.5. The average molecular weight is 337 g/mol. The number of anilines is 1. The van der Waals surface area contributed by atoms with Gasteiger partial charge in [-0.3, -0.25) is 4.57 Å². The number of hydrogen-bond acceptors (Lipinski definition) is 6. The molecule has 0 saturated carbocycles. The van der Waals surface area contributed by atoms with Gasteiger partial charge in [-0.2, -0.15) is 0 Å². The van der Waals surface area contributed by atoms with E-state index in [4.69, 9.17) is 9.47 Å². The molecule has 0 bridgehead atoms. The molecule has 1 aromatic carbocycles. The molecule has 1 atom stereocenters. The Kier molecular flexibility index (Phi) is 3.76. The van der Waals surface area contributed by atoms with Crippen LogP contribution in [0.15, 0.2) is 36.4 Å². The summed E-state index contributed by atoms with van der Waals surface area (Å²) in [5.74, 6) is 3.14. The van der Waals surface area contributed by atoms with Gasteiger partial charge in [0.25, 0.3) is 0 Å². The third-order valence-electron chi connectivity index (χ3n) is 4.33. The van der Waals surface area contributed by atoms with Gasteiger partial charge in [0.15, 0.2) is 5.82 Å². The molecule has 1 aliphatic heterocycles. The van der Waals surface area contributed by atoms with Crippen LogP contribution in [0.1, 0.15) is 18.7 Å². The first kappa shape index (κ1) is 15.4. The number of methoxy groups -OCH3 is 2. The predicted octanol–water partition coefficient (Wildman–Crippen LogP) is 2.88. The lowest BCUT2D eigenvalue weighted by Gasteiger charge is -2.13. The number of pyridine rings is 1. The van der Waals surface area contributed by atoms with Crippen molar-refractivity contribution in [1.82, 2.24) is 19.7 Å². The Bertz CT molecular complexity index is 922. The third kappa shape index (κ3) is 2.57. The van der Waals surface area contributed by atoms with Crippen molar-refractivity contribution in [2.75, 3.05) is 26.1 Å². The van der Waals surface area contributed by atoms with Crippen molar-refractivity contribution in [1.29, 1.82) is 0 Å². The van der Waals surface area contributed by atoms with Crippen LogP contribution in [0, 0.1) is 0 Å². The van der Waals surface area contributed by atoms with E-state index >= 15 is 0 Å². The molecule has 1 unspecified atom stereocenters. The molecule has 0 fully saturated rings. The van der Waals surface area contributed by atoms with Crippen molar-refractivity contribution in [2.45, 2.75) is 12.8 Å². The number of nitrogens with one attached hydrogen (secondary N) is 1. The van der Waals surface area contributed by atoms with Crippen LogP contribution in [0.2, 0.25) is 0 Å². The molecule has 0 saturated heterocycles. The fourth-order valence-electron chi connectivity index (χ4n) is 3.00. The highest BCUT2D eigenvalue weighted by Crippen LogP contribution is 2.35. The first-order chi connectivity index (χ1) is 12.2. The monoisotopic (exact) mass is 337 g/mol. The van der Waals surface area contributed by atoms with Crippen molar-refractivity contribution in [3.05, 3.63) is 42.2 Å². The lowest BCUT2D eigenvalue weighted by atomic mass is 10.1. The first-order valence-electron chi connectivity index (χ1n) is 8.10. The van der Waals surface area contributed by atoms with Gasteiger partial charge in [0.05, 0.1) is 25.6 Å². The van der Waals surface area contributed by atoms with Crippen LogP contribution < -0.4 is 14.8 Å². The molecule has 0 radical (unpaired) electrons. The minimum Gasteiger partial charge on any atom is -0.497 e. The summed E-state index contributed by atoms with van der Waals surface area (Å²) in [7, 11) is 3.26. The summed E-state index contributed by atoms with van der Waals surface area (Å²) >= 11 is 0. The summed E-state index contributed by atoms with van der Waals surface area (Å²) < 4.78 is 12.7. The fraction of sp³-hybridized carbons (Fsp3) is 0.278. The lowest BCUT2D eigenvalue weighted by Crippen LogP contribution is -2.09. The number of rotatable bonds is 3. The summed E-state index contributed by atoms with van der Waals surface area (Å²) in [6.07, 6.45) is 0. The standard InChI is InChI=1S/C18H19N5O2/c1-11-10-19-14-9-12(24-2)7-8-15(14)23-17(11)21-22-18(23)13-5-4-6-16(20-13)25-3/h4-9,11,19H,10H2,1-3H3. The van der Waals surface area contributed by atoms with Crippen LogP contribution in [0.4, 0.5) is 5.69 Å². The number of fused-ring (bicyclic) bond motifs is 3. The Labute approximate surface area is 145 Å². The SMILES string of the molecule is COc1ccc2c(c1)NCC(C)c1nnc(-c3cccc(OC)n3)n1-2. The second-order valence-electron chi connectivity index (χ2n) is 5.95. The van der Waals surface area contributed by atoms with Crippen LogP contribution in [0.25, 0.3) is 17.2 Å². The van der Waals surface area contributed by atoms with E-state index in [0.29, 0.717) is 17.4 Å². The van der Waals surface area contributed by atoms with E-state index in [1.807, 2.05) is 36.4 Å². The Balaban J connectivity index is 1.93. The maximum absolute atomic E-state index is 5.35. The smallest absolute Gasteiger partial charge is 0.213 e. The van der Waals surface area contributed by atoms with Gasteiger partial charge in [0.2, 0.25) is 5.88 Å². The number of aromatic nitrogens is 4. The summed E-state index contributed by atoms with van der Waals surface area (Å²) in [6.45, 7) is 2.89. The Morgan fingerprint density at radius 2 is 2.00 bits per heavy atom. The van der Waals surface area contributed by atoms with Crippen molar-refractivity contribution in [3.63, 3.8) is 0 Å². The molecule has 7 heteroatoms. The number of nitrogens with zero attached hydrogens (tertiary/aromatic N) is 4. The molecule has 25 heavy (non-hydrogen) atoms. The Morgan fingerprint density at radius 1 is 1.12 bits per heavy atom. The van der Waals surface area contributed by atoms with Gasteiger partial charge in [-0.1, -0.05) is 13.0 Å². The number of ether oxygens (including phenoxy) is 2. The average Bonchev–Trinajstić information content (AvgIpc) is 3.05. The topological polar surface area (TPSA) is 74.1 Å². The zero-order chi connectivity index (χ0) is 17.4. The van der Waals surface area contributed by atoms with E-state index in [1.165, 1.54) is 0 Å². The van der Waals surface area contributed by atoms with Gasteiger partial charge < -0.3 is 14.8 Å². The molecule has 0 aliphatic carbocycles. The second kappa shape index (κ2) is 6.08. The molecule has 3 heterocycles. The van der Waals surface area contributed by atoms with E-state index in [0.717, 1.165) is 29.5 Å². The van der Waals surface area contributed by atoms with Crippen LogP contribution in [0.3, 0.4) is 0 Å².